The van der Waals surface area contributed by atoms with Gasteiger partial charge in [-0.15, -0.1) is 0 Å². The lowest BCUT2D eigenvalue weighted by atomic mass is 9.90. The summed E-state index contributed by atoms with van der Waals surface area (Å²) in [5.74, 6) is -1.55. The quantitative estimate of drug-likeness (QED) is 0.373. The Kier molecular flexibility index (Phi) is 9.67. The topological polar surface area (TPSA) is 133 Å². The first-order chi connectivity index (χ1) is 16.0. The molecule has 2 rings (SSSR count). The van der Waals surface area contributed by atoms with Crippen LogP contribution in [0.15, 0.2) is 18.2 Å². The fourth-order valence-corrected chi connectivity index (χ4v) is 3.70. The molecule has 1 aliphatic rings. The van der Waals surface area contributed by atoms with Gasteiger partial charge in [-0.3, -0.25) is 19.2 Å². The molecule has 1 heterocycles. The van der Waals surface area contributed by atoms with Gasteiger partial charge in [-0.1, -0.05) is 0 Å². The van der Waals surface area contributed by atoms with Gasteiger partial charge in [0, 0.05) is 40.2 Å². The summed E-state index contributed by atoms with van der Waals surface area (Å²) in [5, 5.41) is 0. The highest BCUT2D eigenvalue weighted by molar-refractivity contribution is 5.68. The zero-order chi connectivity index (χ0) is 25.4. The van der Waals surface area contributed by atoms with Crippen molar-refractivity contribution in [1.29, 1.82) is 0 Å². The molecule has 0 amide bonds. The zero-order valence-corrected chi connectivity index (χ0v) is 20.0. The first kappa shape index (κ1) is 26.9. The van der Waals surface area contributed by atoms with Crippen molar-refractivity contribution >= 4 is 23.9 Å². The average Bonchev–Trinajstić information content (AvgIpc) is 2.75. The van der Waals surface area contributed by atoms with E-state index in [0.29, 0.717) is 17.1 Å². The second-order valence-electron chi connectivity index (χ2n) is 7.66. The molecule has 0 aliphatic carbocycles. The van der Waals surface area contributed by atoms with Gasteiger partial charge in [0.2, 0.25) is 0 Å². The van der Waals surface area contributed by atoms with E-state index < -0.39 is 54.4 Å². The van der Waals surface area contributed by atoms with Crippen molar-refractivity contribution in [3.8, 4) is 11.5 Å². The maximum absolute atomic E-state index is 11.9. The van der Waals surface area contributed by atoms with Gasteiger partial charge in [0.1, 0.15) is 30.3 Å². The second-order valence-corrected chi connectivity index (χ2v) is 7.66. The van der Waals surface area contributed by atoms with Crippen LogP contribution in [0.3, 0.4) is 0 Å². The van der Waals surface area contributed by atoms with Gasteiger partial charge < -0.3 is 33.2 Å². The number of hydrogen-bond donors (Lipinski definition) is 0. The highest BCUT2D eigenvalue weighted by Crippen LogP contribution is 2.32. The minimum Gasteiger partial charge on any atom is -0.497 e. The normalized spacial score (nSPS) is 23.9. The maximum atomic E-state index is 11.9. The molecule has 1 aromatic rings. The van der Waals surface area contributed by atoms with E-state index in [1.54, 1.807) is 18.2 Å². The Balaban J connectivity index is 2.50. The van der Waals surface area contributed by atoms with E-state index in [9.17, 15) is 19.2 Å². The van der Waals surface area contributed by atoms with Gasteiger partial charge in [0.15, 0.2) is 18.3 Å². The standard InChI is InChI=1S/C23H30O11/c1-12(24)30-11-20-22(32-14(3)26)23(33-15(4)27)21(31-13(2)25)19(34-20)9-16-7-17(28-5)10-18(8-16)29-6/h7-8,10,19-23H,9,11H2,1-6H3/t19-,20+,21-,22+,23+/m0/s1. The molecule has 1 fully saturated rings. The van der Waals surface area contributed by atoms with Crippen LogP contribution in [0.1, 0.15) is 33.3 Å². The number of ether oxygens (including phenoxy) is 7. The minimum absolute atomic E-state index is 0.173. The Morgan fingerprint density at radius 2 is 1.18 bits per heavy atom. The molecule has 5 atom stereocenters. The summed E-state index contributed by atoms with van der Waals surface area (Å²) in [6.07, 6.45) is -5.22. The fraction of sp³-hybridized carbons (Fsp3) is 0.565. The van der Waals surface area contributed by atoms with E-state index in [1.807, 2.05) is 0 Å². The Hall–Kier alpha value is -3.34. The average molecular weight is 482 g/mol. The van der Waals surface area contributed by atoms with Crippen LogP contribution in [-0.2, 0) is 49.3 Å². The zero-order valence-electron chi connectivity index (χ0n) is 20.0. The van der Waals surface area contributed by atoms with Crippen molar-refractivity contribution in [2.75, 3.05) is 20.8 Å². The molecular weight excluding hydrogens is 452 g/mol. The molecule has 11 heteroatoms. The summed E-state index contributed by atoms with van der Waals surface area (Å²) in [6.45, 7) is 4.48. The third-order valence-electron chi connectivity index (χ3n) is 4.94. The number of hydrogen-bond acceptors (Lipinski definition) is 11. The summed E-state index contributed by atoms with van der Waals surface area (Å²) >= 11 is 0. The molecule has 34 heavy (non-hydrogen) atoms. The van der Waals surface area contributed by atoms with Crippen LogP contribution in [0.25, 0.3) is 0 Å². The van der Waals surface area contributed by atoms with E-state index in [-0.39, 0.29) is 13.0 Å². The van der Waals surface area contributed by atoms with E-state index in [4.69, 9.17) is 33.2 Å². The number of benzene rings is 1. The molecule has 0 radical (unpaired) electrons. The minimum atomic E-state index is -1.21. The third-order valence-corrected chi connectivity index (χ3v) is 4.94. The van der Waals surface area contributed by atoms with E-state index in [2.05, 4.69) is 0 Å². The predicted octanol–water partition coefficient (Wildman–Crippen LogP) is 1.37. The summed E-state index contributed by atoms with van der Waals surface area (Å²) < 4.78 is 38.1. The van der Waals surface area contributed by atoms with Gasteiger partial charge in [-0.2, -0.15) is 0 Å². The molecule has 0 unspecified atom stereocenters. The molecule has 0 spiro atoms. The molecule has 0 bridgehead atoms. The molecule has 0 N–H and O–H groups in total. The highest BCUT2D eigenvalue weighted by Gasteiger charge is 2.52. The monoisotopic (exact) mass is 482 g/mol. The molecule has 188 valence electrons. The molecule has 11 nitrogen and oxygen atoms in total. The molecular formula is C23H30O11. The summed E-state index contributed by atoms with van der Waals surface area (Å²) in [7, 11) is 3.01. The van der Waals surface area contributed by atoms with Crippen LogP contribution in [0, 0.1) is 0 Å². The van der Waals surface area contributed by atoms with Crippen LogP contribution in [0.4, 0.5) is 0 Å². The Labute approximate surface area is 197 Å². The van der Waals surface area contributed by atoms with Gasteiger partial charge in [-0.05, 0) is 17.7 Å². The largest absolute Gasteiger partial charge is 0.497 e. The van der Waals surface area contributed by atoms with Crippen molar-refractivity contribution in [2.45, 2.75) is 64.6 Å². The van der Waals surface area contributed by atoms with Crippen molar-refractivity contribution in [3.05, 3.63) is 23.8 Å². The SMILES string of the molecule is COc1cc(C[C@@H]2O[C@H](COC(C)=O)[C@@H](OC(C)=O)[C@H](OC(C)=O)[C@H]2OC(C)=O)cc(OC)c1. The van der Waals surface area contributed by atoms with Crippen LogP contribution in [-0.4, -0.2) is 75.2 Å². The van der Waals surface area contributed by atoms with E-state index >= 15 is 0 Å². The number of carbonyl (C=O) groups is 4. The van der Waals surface area contributed by atoms with Crippen LogP contribution in [0.2, 0.25) is 0 Å². The fourth-order valence-electron chi connectivity index (χ4n) is 3.70. The molecule has 1 aliphatic heterocycles. The Morgan fingerprint density at radius 3 is 1.62 bits per heavy atom. The van der Waals surface area contributed by atoms with Gasteiger partial charge in [0.05, 0.1) is 14.2 Å². The van der Waals surface area contributed by atoms with Crippen LogP contribution in [0.5, 0.6) is 11.5 Å². The highest BCUT2D eigenvalue weighted by atomic mass is 16.7. The van der Waals surface area contributed by atoms with Crippen molar-refractivity contribution < 1.29 is 52.3 Å². The first-order valence-electron chi connectivity index (χ1n) is 10.6. The lowest BCUT2D eigenvalue weighted by Crippen LogP contribution is -2.62. The van der Waals surface area contributed by atoms with Crippen molar-refractivity contribution in [1.82, 2.24) is 0 Å². The molecule has 0 saturated carbocycles. The smallest absolute Gasteiger partial charge is 0.303 e. The Morgan fingerprint density at radius 1 is 0.706 bits per heavy atom. The van der Waals surface area contributed by atoms with Gasteiger partial charge in [0.25, 0.3) is 0 Å². The summed E-state index contributed by atoms with van der Waals surface area (Å²) in [5.41, 5.74) is 0.706. The molecule has 0 aromatic heterocycles. The number of esters is 4. The number of methoxy groups -OCH3 is 2. The lowest BCUT2D eigenvalue weighted by molar-refractivity contribution is -0.252. The number of rotatable bonds is 9. The van der Waals surface area contributed by atoms with Crippen molar-refractivity contribution in [2.24, 2.45) is 0 Å². The van der Waals surface area contributed by atoms with Gasteiger partial charge >= 0.3 is 23.9 Å². The Bertz CT molecular complexity index is 875. The summed E-state index contributed by atoms with van der Waals surface area (Å²) in [4.78, 5) is 47.1. The maximum Gasteiger partial charge on any atom is 0.303 e. The predicted molar refractivity (Wildman–Crippen MR) is 115 cm³/mol. The summed E-state index contributed by atoms with van der Waals surface area (Å²) in [6, 6.07) is 5.18. The van der Waals surface area contributed by atoms with Gasteiger partial charge in [-0.25, -0.2) is 0 Å². The van der Waals surface area contributed by atoms with Crippen molar-refractivity contribution in [3.63, 3.8) is 0 Å². The third kappa shape index (κ3) is 7.62. The lowest BCUT2D eigenvalue weighted by Gasteiger charge is -2.44. The van der Waals surface area contributed by atoms with E-state index in [1.165, 1.54) is 41.9 Å². The van der Waals surface area contributed by atoms with E-state index in [0.717, 1.165) is 0 Å². The molecule has 1 saturated heterocycles. The molecule has 1 aromatic carbocycles. The number of carbonyl (C=O) groups excluding carboxylic acids is 4. The first-order valence-corrected chi connectivity index (χ1v) is 10.6. The van der Waals surface area contributed by atoms with Crippen LogP contribution >= 0.6 is 0 Å². The van der Waals surface area contributed by atoms with Crippen LogP contribution < -0.4 is 9.47 Å². The second kappa shape index (κ2) is 12.2.